The summed E-state index contributed by atoms with van der Waals surface area (Å²) < 4.78 is 0. The Kier molecular flexibility index (Phi) is 3.82. The molecule has 3 N–H and O–H groups in total. The predicted octanol–water partition coefficient (Wildman–Crippen LogP) is -2.19. The van der Waals surface area contributed by atoms with Gasteiger partial charge < -0.3 is 15.5 Å². The van der Waals surface area contributed by atoms with Gasteiger partial charge in [-0.15, -0.1) is 10.2 Å². The van der Waals surface area contributed by atoms with E-state index in [0.29, 0.717) is 32.0 Å². The van der Waals surface area contributed by atoms with Gasteiger partial charge in [0.15, 0.2) is 5.82 Å². The molecule has 0 aliphatic carbocycles. The molecular formula is C9H15N7O2. The lowest BCUT2D eigenvalue weighted by molar-refractivity contribution is -0.146. The van der Waals surface area contributed by atoms with E-state index in [1.54, 1.807) is 6.92 Å². The summed E-state index contributed by atoms with van der Waals surface area (Å²) in [6.07, 6.45) is 0. The number of aromatic nitrogens is 4. The van der Waals surface area contributed by atoms with Gasteiger partial charge in [-0.25, -0.2) is 0 Å². The van der Waals surface area contributed by atoms with Crippen molar-refractivity contribution in [2.45, 2.75) is 13.0 Å². The van der Waals surface area contributed by atoms with Crippen LogP contribution in [0.15, 0.2) is 0 Å². The number of amides is 2. The monoisotopic (exact) mass is 253 g/mol. The number of H-pyrrole nitrogens is 1. The summed E-state index contributed by atoms with van der Waals surface area (Å²) in [6.45, 7) is 4.19. The highest BCUT2D eigenvalue weighted by Gasteiger charge is 2.25. The second kappa shape index (κ2) is 5.54. The second-order valence-electron chi connectivity index (χ2n) is 4.01. The number of tetrazole rings is 1. The molecule has 2 rings (SSSR count). The Balaban J connectivity index is 1.89. The normalized spacial score (nSPS) is 17.3. The standard InChI is InChI=1S/C9H15N7O2/c1-6(7-12-14-15-13-7)11-8(17)9(18)16-4-2-10-3-5-16/h6,10H,2-5H2,1H3,(H,11,17)(H,12,13,14,15). The van der Waals surface area contributed by atoms with Gasteiger partial charge in [0.1, 0.15) is 0 Å². The molecule has 0 bridgehead atoms. The number of carbonyl (C=O) groups is 2. The summed E-state index contributed by atoms with van der Waals surface area (Å²) in [7, 11) is 0. The van der Waals surface area contributed by atoms with Crippen LogP contribution in [0.1, 0.15) is 18.8 Å². The lowest BCUT2D eigenvalue weighted by Crippen LogP contribution is -2.51. The van der Waals surface area contributed by atoms with Crippen molar-refractivity contribution in [3.8, 4) is 0 Å². The van der Waals surface area contributed by atoms with Gasteiger partial charge in [-0.1, -0.05) is 5.21 Å². The van der Waals surface area contributed by atoms with Crippen LogP contribution in [0.2, 0.25) is 0 Å². The molecule has 1 saturated heterocycles. The fourth-order valence-electron chi connectivity index (χ4n) is 1.69. The number of piperazine rings is 1. The van der Waals surface area contributed by atoms with Crippen molar-refractivity contribution in [1.82, 2.24) is 36.2 Å². The maximum absolute atomic E-state index is 11.8. The number of rotatable bonds is 2. The van der Waals surface area contributed by atoms with Crippen LogP contribution in [-0.4, -0.2) is 63.5 Å². The van der Waals surface area contributed by atoms with Crippen LogP contribution in [-0.2, 0) is 9.59 Å². The lowest BCUT2D eigenvalue weighted by atomic mass is 10.3. The second-order valence-corrected chi connectivity index (χ2v) is 4.01. The molecule has 0 saturated carbocycles. The number of hydrogen-bond donors (Lipinski definition) is 3. The van der Waals surface area contributed by atoms with E-state index in [-0.39, 0.29) is 0 Å². The molecule has 0 radical (unpaired) electrons. The van der Waals surface area contributed by atoms with Gasteiger partial charge in [0, 0.05) is 26.2 Å². The minimum Gasteiger partial charge on any atom is -0.338 e. The minimum absolute atomic E-state index is 0.344. The van der Waals surface area contributed by atoms with Crippen molar-refractivity contribution < 1.29 is 9.59 Å². The van der Waals surface area contributed by atoms with Crippen molar-refractivity contribution in [3.63, 3.8) is 0 Å². The van der Waals surface area contributed by atoms with Crippen LogP contribution in [0, 0.1) is 0 Å². The van der Waals surface area contributed by atoms with Crippen molar-refractivity contribution >= 4 is 11.8 Å². The zero-order valence-electron chi connectivity index (χ0n) is 10.0. The average Bonchev–Trinajstić information content (AvgIpc) is 2.92. The van der Waals surface area contributed by atoms with Gasteiger partial charge in [0.2, 0.25) is 0 Å². The molecule has 1 aliphatic rings. The maximum Gasteiger partial charge on any atom is 0.311 e. The summed E-state index contributed by atoms with van der Waals surface area (Å²) in [5.41, 5.74) is 0. The first-order valence-corrected chi connectivity index (χ1v) is 5.72. The number of aromatic amines is 1. The van der Waals surface area contributed by atoms with Crippen LogP contribution < -0.4 is 10.6 Å². The van der Waals surface area contributed by atoms with Gasteiger partial charge in [-0.2, -0.15) is 5.21 Å². The molecule has 1 aliphatic heterocycles. The molecule has 1 aromatic heterocycles. The zero-order valence-corrected chi connectivity index (χ0v) is 10.0. The van der Waals surface area contributed by atoms with E-state index in [1.165, 1.54) is 4.90 Å². The predicted molar refractivity (Wildman–Crippen MR) is 60.2 cm³/mol. The smallest absolute Gasteiger partial charge is 0.311 e. The highest BCUT2D eigenvalue weighted by atomic mass is 16.2. The van der Waals surface area contributed by atoms with Crippen LogP contribution in [0.3, 0.4) is 0 Å². The van der Waals surface area contributed by atoms with Crippen molar-refractivity contribution in [3.05, 3.63) is 5.82 Å². The average molecular weight is 253 g/mol. The summed E-state index contributed by atoms with van der Waals surface area (Å²) in [4.78, 5) is 25.1. The van der Waals surface area contributed by atoms with Crippen molar-refractivity contribution in [2.75, 3.05) is 26.2 Å². The van der Waals surface area contributed by atoms with Crippen LogP contribution in [0.25, 0.3) is 0 Å². The summed E-state index contributed by atoms with van der Waals surface area (Å²) in [5, 5.41) is 18.8. The molecule has 1 unspecified atom stereocenters. The maximum atomic E-state index is 11.8. The Morgan fingerprint density at radius 1 is 1.39 bits per heavy atom. The number of carbonyl (C=O) groups excluding carboxylic acids is 2. The molecule has 0 spiro atoms. The minimum atomic E-state index is -0.644. The molecule has 98 valence electrons. The van der Waals surface area contributed by atoms with Crippen LogP contribution in [0.4, 0.5) is 0 Å². The highest BCUT2D eigenvalue weighted by Crippen LogP contribution is 2.03. The highest BCUT2D eigenvalue weighted by molar-refractivity contribution is 6.35. The molecular weight excluding hydrogens is 238 g/mol. The summed E-state index contributed by atoms with van der Waals surface area (Å²) in [6, 6.07) is -0.455. The number of nitrogens with zero attached hydrogens (tertiary/aromatic N) is 4. The van der Waals surface area contributed by atoms with Crippen LogP contribution >= 0.6 is 0 Å². The molecule has 1 aromatic rings. The van der Waals surface area contributed by atoms with Gasteiger partial charge in [0.25, 0.3) is 0 Å². The molecule has 18 heavy (non-hydrogen) atoms. The molecule has 0 aromatic carbocycles. The first-order valence-electron chi connectivity index (χ1n) is 5.72. The van der Waals surface area contributed by atoms with Gasteiger partial charge in [-0.05, 0) is 6.92 Å². The Bertz CT molecular complexity index is 413. The Labute approximate surface area is 103 Å². The third kappa shape index (κ3) is 2.80. The first-order chi connectivity index (χ1) is 8.68. The third-order valence-corrected chi connectivity index (χ3v) is 2.70. The Morgan fingerprint density at radius 3 is 2.72 bits per heavy atom. The Morgan fingerprint density at radius 2 is 2.11 bits per heavy atom. The van der Waals surface area contributed by atoms with Crippen molar-refractivity contribution in [1.29, 1.82) is 0 Å². The van der Waals surface area contributed by atoms with E-state index >= 15 is 0 Å². The quantitative estimate of drug-likeness (QED) is 0.515. The molecule has 1 atom stereocenters. The summed E-state index contributed by atoms with van der Waals surface area (Å²) in [5.74, 6) is -0.822. The summed E-state index contributed by atoms with van der Waals surface area (Å²) >= 11 is 0. The molecule has 2 heterocycles. The fraction of sp³-hybridized carbons (Fsp3) is 0.667. The fourth-order valence-corrected chi connectivity index (χ4v) is 1.69. The molecule has 1 fully saturated rings. The lowest BCUT2D eigenvalue weighted by Gasteiger charge is -2.27. The SMILES string of the molecule is CC(NC(=O)C(=O)N1CCNCC1)c1nn[nH]n1. The van der Waals surface area contributed by atoms with E-state index in [9.17, 15) is 9.59 Å². The van der Waals surface area contributed by atoms with E-state index < -0.39 is 17.9 Å². The van der Waals surface area contributed by atoms with Crippen LogP contribution in [0.5, 0.6) is 0 Å². The molecule has 9 nitrogen and oxygen atoms in total. The zero-order chi connectivity index (χ0) is 13.0. The molecule has 2 amide bonds. The van der Waals surface area contributed by atoms with E-state index in [1.807, 2.05) is 0 Å². The Hall–Kier alpha value is -2.03. The number of nitrogens with one attached hydrogen (secondary N) is 3. The van der Waals surface area contributed by atoms with E-state index in [4.69, 9.17) is 0 Å². The first kappa shape index (κ1) is 12.4. The number of hydrogen-bond acceptors (Lipinski definition) is 6. The van der Waals surface area contributed by atoms with Gasteiger partial charge >= 0.3 is 11.8 Å². The largest absolute Gasteiger partial charge is 0.338 e. The van der Waals surface area contributed by atoms with Gasteiger partial charge in [0.05, 0.1) is 6.04 Å². The third-order valence-electron chi connectivity index (χ3n) is 2.70. The van der Waals surface area contributed by atoms with E-state index in [2.05, 4.69) is 31.3 Å². The van der Waals surface area contributed by atoms with Gasteiger partial charge in [-0.3, -0.25) is 9.59 Å². The van der Waals surface area contributed by atoms with Crippen molar-refractivity contribution in [2.24, 2.45) is 0 Å². The molecule has 9 heteroatoms. The van der Waals surface area contributed by atoms with E-state index in [0.717, 1.165) is 0 Å². The topological polar surface area (TPSA) is 116 Å².